The molecule has 0 radical (unpaired) electrons. The van der Waals surface area contributed by atoms with Crippen LogP contribution in [0.3, 0.4) is 0 Å². The Bertz CT molecular complexity index is 401. The molecule has 2 aliphatic rings. The SMILES string of the molecule is C=C[C@@]1(C)CC[C@@H]([C@]2(C)O[C@H](C(=C)C)CC2=O)O1. The first-order chi connectivity index (χ1) is 8.31. The van der Waals surface area contributed by atoms with E-state index in [0.717, 1.165) is 18.4 Å². The molecule has 18 heavy (non-hydrogen) atoms. The molecule has 2 aliphatic heterocycles. The summed E-state index contributed by atoms with van der Waals surface area (Å²) in [5, 5.41) is 0. The summed E-state index contributed by atoms with van der Waals surface area (Å²) in [6.45, 7) is 13.4. The van der Waals surface area contributed by atoms with Crippen molar-refractivity contribution in [3.05, 3.63) is 24.8 Å². The molecule has 2 rings (SSSR count). The van der Waals surface area contributed by atoms with E-state index in [1.165, 1.54) is 0 Å². The summed E-state index contributed by atoms with van der Waals surface area (Å²) < 4.78 is 11.9. The molecule has 4 atom stereocenters. The zero-order valence-corrected chi connectivity index (χ0v) is 11.5. The third kappa shape index (κ3) is 2.06. The van der Waals surface area contributed by atoms with Crippen molar-refractivity contribution in [1.29, 1.82) is 0 Å². The summed E-state index contributed by atoms with van der Waals surface area (Å²) in [7, 11) is 0. The van der Waals surface area contributed by atoms with Gasteiger partial charge in [-0.1, -0.05) is 18.2 Å². The summed E-state index contributed by atoms with van der Waals surface area (Å²) in [6.07, 6.45) is 3.58. The highest BCUT2D eigenvalue weighted by molar-refractivity contribution is 5.90. The van der Waals surface area contributed by atoms with E-state index in [4.69, 9.17) is 9.47 Å². The van der Waals surface area contributed by atoms with Gasteiger partial charge in [0.05, 0.1) is 17.8 Å². The molecule has 100 valence electrons. The summed E-state index contributed by atoms with van der Waals surface area (Å²) in [4.78, 5) is 12.2. The van der Waals surface area contributed by atoms with Crippen LogP contribution in [-0.2, 0) is 14.3 Å². The van der Waals surface area contributed by atoms with Crippen molar-refractivity contribution in [3.8, 4) is 0 Å². The van der Waals surface area contributed by atoms with E-state index >= 15 is 0 Å². The van der Waals surface area contributed by atoms with E-state index in [1.807, 2.05) is 26.8 Å². The van der Waals surface area contributed by atoms with E-state index in [9.17, 15) is 4.79 Å². The first-order valence-electron chi connectivity index (χ1n) is 6.49. The van der Waals surface area contributed by atoms with Crippen LogP contribution in [0.1, 0.15) is 40.0 Å². The van der Waals surface area contributed by atoms with Crippen molar-refractivity contribution in [1.82, 2.24) is 0 Å². The molecular formula is C15H22O3. The molecule has 0 N–H and O–H groups in total. The lowest BCUT2D eigenvalue weighted by molar-refractivity contribution is -0.155. The number of hydrogen-bond acceptors (Lipinski definition) is 3. The molecule has 2 fully saturated rings. The van der Waals surface area contributed by atoms with Gasteiger partial charge in [-0.05, 0) is 33.6 Å². The van der Waals surface area contributed by atoms with Crippen LogP contribution >= 0.6 is 0 Å². The Kier molecular flexibility index (Phi) is 3.24. The average Bonchev–Trinajstić information content (AvgIpc) is 2.84. The minimum Gasteiger partial charge on any atom is -0.365 e. The van der Waals surface area contributed by atoms with Crippen molar-refractivity contribution in [2.24, 2.45) is 0 Å². The zero-order valence-electron chi connectivity index (χ0n) is 11.5. The number of hydrogen-bond donors (Lipinski definition) is 0. The molecule has 0 bridgehead atoms. The molecule has 0 aromatic carbocycles. The second kappa shape index (κ2) is 4.32. The maximum Gasteiger partial charge on any atom is 0.169 e. The standard InChI is InChI=1S/C15H22O3/c1-6-14(4)8-7-13(18-14)15(5)12(16)9-11(17-15)10(2)3/h6,11,13H,1-2,7-9H2,3-5H3/t11-,13-,14-,15+/m0/s1. The van der Waals surface area contributed by atoms with Gasteiger partial charge in [-0.2, -0.15) is 0 Å². The van der Waals surface area contributed by atoms with Gasteiger partial charge in [-0.25, -0.2) is 0 Å². The molecule has 2 saturated heterocycles. The Hall–Kier alpha value is -0.930. The lowest BCUT2D eigenvalue weighted by atomic mass is 9.91. The minimum atomic E-state index is -0.829. The van der Waals surface area contributed by atoms with Gasteiger partial charge in [0.2, 0.25) is 0 Å². The van der Waals surface area contributed by atoms with Crippen molar-refractivity contribution < 1.29 is 14.3 Å². The molecule has 0 spiro atoms. The maximum absolute atomic E-state index is 12.2. The molecular weight excluding hydrogens is 228 g/mol. The number of ketones is 1. The van der Waals surface area contributed by atoms with Gasteiger partial charge < -0.3 is 9.47 Å². The van der Waals surface area contributed by atoms with Gasteiger partial charge in [-0.3, -0.25) is 4.79 Å². The number of ether oxygens (including phenoxy) is 2. The number of rotatable bonds is 3. The van der Waals surface area contributed by atoms with E-state index in [-0.39, 0.29) is 23.6 Å². The fourth-order valence-corrected chi connectivity index (χ4v) is 2.70. The molecule has 0 unspecified atom stereocenters. The Labute approximate surface area is 109 Å². The van der Waals surface area contributed by atoms with Crippen LogP contribution < -0.4 is 0 Å². The van der Waals surface area contributed by atoms with Gasteiger partial charge in [0.25, 0.3) is 0 Å². The minimum absolute atomic E-state index is 0.119. The largest absolute Gasteiger partial charge is 0.365 e. The zero-order chi connectivity index (χ0) is 13.6. The number of Topliss-reactive ketones (excluding diaryl/α,β-unsaturated/α-hetero) is 1. The van der Waals surface area contributed by atoms with Crippen LogP contribution in [0, 0.1) is 0 Å². The monoisotopic (exact) mass is 250 g/mol. The van der Waals surface area contributed by atoms with Crippen LogP contribution in [0.4, 0.5) is 0 Å². The number of carbonyl (C=O) groups is 1. The van der Waals surface area contributed by atoms with Crippen LogP contribution in [-0.4, -0.2) is 29.2 Å². The second-order valence-electron chi connectivity index (χ2n) is 5.85. The molecule has 0 aliphatic carbocycles. The molecule has 0 amide bonds. The fourth-order valence-electron chi connectivity index (χ4n) is 2.70. The summed E-state index contributed by atoms with van der Waals surface area (Å²) >= 11 is 0. The summed E-state index contributed by atoms with van der Waals surface area (Å²) in [6, 6.07) is 0. The smallest absolute Gasteiger partial charge is 0.169 e. The average molecular weight is 250 g/mol. The van der Waals surface area contributed by atoms with E-state index in [2.05, 4.69) is 13.2 Å². The Morgan fingerprint density at radius 3 is 2.56 bits per heavy atom. The van der Waals surface area contributed by atoms with Crippen LogP contribution in [0.2, 0.25) is 0 Å². The Morgan fingerprint density at radius 1 is 1.44 bits per heavy atom. The fraction of sp³-hybridized carbons (Fsp3) is 0.667. The van der Waals surface area contributed by atoms with Crippen molar-refractivity contribution >= 4 is 5.78 Å². The Balaban J connectivity index is 2.16. The van der Waals surface area contributed by atoms with Crippen LogP contribution in [0.25, 0.3) is 0 Å². The first-order valence-corrected chi connectivity index (χ1v) is 6.49. The van der Waals surface area contributed by atoms with Crippen LogP contribution in [0.5, 0.6) is 0 Å². The van der Waals surface area contributed by atoms with Crippen LogP contribution in [0.15, 0.2) is 24.8 Å². The number of carbonyl (C=O) groups excluding carboxylic acids is 1. The normalized spacial score (nSPS) is 44.3. The quantitative estimate of drug-likeness (QED) is 0.722. The van der Waals surface area contributed by atoms with Gasteiger partial charge in [0.15, 0.2) is 11.4 Å². The highest BCUT2D eigenvalue weighted by atomic mass is 16.6. The second-order valence-corrected chi connectivity index (χ2v) is 5.85. The summed E-state index contributed by atoms with van der Waals surface area (Å²) in [5.74, 6) is 0.119. The molecule has 0 aromatic rings. The summed E-state index contributed by atoms with van der Waals surface area (Å²) in [5.41, 5.74) is -0.264. The van der Waals surface area contributed by atoms with Gasteiger partial charge >= 0.3 is 0 Å². The third-order valence-corrected chi connectivity index (χ3v) is 4.22. The predicted octanol–water partition coefficient (Wildman–Crippen LogP) is 2.80. The Morgan fingerprint density at radius 2 is 2.11 bits per heavy atom. The first kappa shape index (κ1) is 13.5. The topological polar surface area (TPSA) is 35.5 Å². The van der Waals surface area contributed by atoms with Gasteiger partial charge in [0.1, 0.15) is 0 Å². The van der Waals surface area contributed by atoms with Gasteiger partial charge in [-0.15, -0.1) is 6.58 Å². The van der Waals surface area contributed by atoms with E-state index < -0.39 is 5.60 Å². The highest BCUT2D eigenvalue weighted by Crippen LogP contribution is 2.42. The van der Waals surface area contributed by atoms with Gasteiger partial charge in [0, 0.05) is 6.42 Å². The highest BCUT2D eigenvalue weighted by Gasteiger charge is 2.54. The van der Waals surface area contributed by atoms with E-state index in [1.54, 1.807) is 0 Å². The lowest BCUT2D eigenvalue weighted by Gasteiger charge is -2.31. The maximum atomic E-state index is 12.2. The molecule has 2 heterocycles. The molecule has 3 nitrogen and oxygen atoms in total. The van der Waals surface area contributed by atoms with Crippen molar-refractivity contribution in [3.63, 3.8) is 0 Å². The predicted molar refractivity (Wildman–Crippen MR) is 70.4 cm³/mol. The molecule has 0 saturated carbocycles. The van der Waals surface area contributed by atoms with Crippen molar-refractivity contribution in [2.75, 3.05) is 0 Å². The molecule has 3 heteroatoms. The third-order valence-electron chi connectivity index (χ3n) is 4.22. The van der Waals surface area contributed by atoms with Crippen molar-refractivity contribution in [2.45, 2.75) is 63.4 Å². The van der Waals surface area contributed by atoms with E-state index in [0.29, 0.717) is 6.42 Å². The lowest BCUT2D eigenvalue weighted by Crippen LogP contribution is -2.46. The molecule has 0 aromatic heterocycles.